The Bertz CT molecular complexity index is 510. The van der Waals surface area contributed by atoms with Crippen molar-refractivity contribution in [3.8, 4) is 0 Å². The van der Waals surface area contributed by atoms with Crippen molar-refractivity contribution in [3.63, 3.8) is 0 Å². The van der Waals surface area contributed by atoms with Gasteiger partial charge in [0, 0.05) is 11.1 Å². The molecule has 0 aliphatic rings. The van der Waals surface area contributed by atoms with E-state index in [1.165, 1.54) is 11.1 Å². The van der Waals surface area contributed by atoms with E-state index in [0.29, 0.717) is 12.0 Å². The fourth-order valence-electron chi connectivity index (χ4n) is 2.57. The Balaban J connectivity index is 2.14. The Labute approximate surface area is 120 Å². The zero-order valence-electron chi connectivity index (χ0n) is 11.4. The Morgan fingerprint density at radius 2 is 1.63 bits per heavy atom. The quantitative estimate of drug-likeness (QED) is 0.847. The number of benzene rings is 2. The molecule has 1 nitrogen and oxygen atoms in total. The summed E-state index contributed by atoms with van der Waals surface area (Å²) in [4.78, 5) is 0. The van der Waals surface area contributed by atoms with Crippen LogP contribution in [0.2, 0.25) is 5.02 Å². The first-order valence-electron chi connectivity index (χ1n) is 6.68. The number of rotatable bonds is 5. The van der Waals surface area contributed by atoms with Gasteiger partial charge in [0.1, 0.15) is 0 Å². The minimum atomic E-state index is 0.345. The van der Waals surface area contributed by atoms with Gasteiger partial charge in [0.15, 0.2) is 0 Å². The van der Waals surface area contributed by atoms with E-state index in [1.807, 2.05) is 25.2 Å². The van der Waals surface area contributed by atoms with E-state index in [4.69, 9.17) is 11.6 Å². The van der Waals surface area contributed by atoms with Crippen LogP contribution in [0.15, 0.2) is 54.6 Å². The molecule has 0 amide bonds. The van der Waals surface area contributed by atoms with Crippen molar-refractivity contribution in [2.24, 2.45) is 5.92 Å². The van der Waals surface area contributed by atoms with Crippen LogP contribution in [0.1, 0.15) is 24.1 Å². The summed E-state index contributed by atoms with van der Waals surface area (Å²) in [5, 5.41) is 4.27. The average molecular weight is 274 g/mol. The van der Waals surface area contributed by atoms with Gasteiger partial charge in [-0.05, 0) is 36.6 Å². The molecule has 2 atom stereocenters. The molecule has 2 aromatic rings. The molecule has 0 saturated carbocycles. The molecule has 1 N–H and O–H groups in total. The topological polar surface area (TPSA) is 12.0 Å². The van der Waals surface area contributed by atoms with Crippen LogP contribution in [0.5, 0.6) is 0 Å². The first-order chi connectivity index (χ1) is 9.22. The highest BCUT2D eigenvalue weighted by atomic mass is 35.5. The van der Waals surface area contributed by atoms with Crippen LogP contribution >= 0.6 is 11.6 Å². The van der Waals surface area contributed by atoms with E-state index in [-0.39, 0.29) is 0 Å². The van der Waals surface area contributed by atoms with Gasteiger partial charge in [-0.2, -0.15) is 0 Å². The number of nitrogens with one attached hydrogen (secondary N) is 1. The van der Waals surface area contributed by atoms with Crippen LogP contribution in [0.3, 0.4) is 0 Å². The fraction of sp³-hybridized carbons (Fsp3) is 0.294. The Morgan fingerprint density at radius 1 is 1.00 bits per heavy atom. The molecule has 100 valence electrons. The summed E-state index contributed by atoms with van der Waals surface area (Å²) in [6.45, 7) is 2.26. The molecule has 0 aromatic heterocycles. The second-order valence-electron chi connectivity index (χ2n) is 4.95. The van der Waals surface area contributed by atoms with E-state index >= 15 is 0 Å². The smallest absolute Gasteiger partial charge is 0.0438 e. The molecule has 2 unspecified atom stereocenters. The highest BCUT2D eigenvalue weighted by Gasteiger charge is 2.18. The maximum atomic E-state index is 6.24. The largest absolute Gasteiger partial charge is 0.313 e. The van der Waals surface area contributed by atoms with E-state index in [2.05, 4.69) is 48.6 Å². The van der Waals surface area contributed by atoms with Crippen LogP contribution in [-0.2, 0) is 6.42 Å². The molecule has 0 spiro atoms. The van der Waals surface area contributed by atoms with Gasteiger partial charge < -0.3 is 5.32 Å². The maximum Gasteiger partial charge on any atom is 0.0438 e. The molecule has 0 aliphatic carbocycles. The third-order valence-corrected chi connectivity index (χ3v) is 3.91. The molecular weight excluding hydrogens is 254 g/mol. The SMILES string of the molecule is CNC(c1ccccc1)C(C)Cc1ccccc1Cl. The zero-order valence-corrected chi connectivity index (χ0v) is 12.2. The van der Waals surface area contributed by atoms with Crippen molar-refractivity contribution in [3.05, 3.63) is 70.7 Å². The lowest BCUT2D eigenvalue weighted by Crippen LogP contribution is -2.24. The average Bonchev–Trinajstić information content (AvgIpc) is 2.43. The Kier molecular flexibility index (Phi) is 5.00. The minimum Gasteiger partial charge on any atom is -0.313 e. The summed E-state index contributed by atoms with van der Waals surface area (Å²) in [7, 11) is 2.01. The van der Waals surface area contributed by atoms with E-state index in [0.717, 1.165) is 11.4 Å². The lowest BCUT2D eigenvalue weighted by molar-refractivity contribution is 0.409. The number of halogens is 1. The standard InChI is InChI=1S/C17H20ClN/c1-13(12-15-10-6-7-11-16(15)18)17(19-2)14-8-4-3-5-9-14/h3-11,13,17,19H,12H2,1-2H3. The summed E-state index contributed by atoms with van der Waals surface area (Å²) >= 11 is 6.24. The molecule has 19 heavy (non-hydrogen) atoms. The Morgan fingerprint density at radius 3 is 2.26 bits per heavy atom. The molecule has 0 aliphatic heterocycles. The van der Waals surface area contributed by atoms with Crippen LogP contribution in [-0.4, -0.2) is 7.05 Å². The van der Waals surface area contributed by atoms with Gasteiger partial charge in [-0.15, -0.1) is 0 Å². The second-order valence-corrected chi connectivity index (χ2v) is 5.36. The monoisotopic (exact) mass is 273 g/mol. The van der Waals surface area contributed by atoms with Gasteiger partial charge in [-0.25, -0.2) is 0 Å². The third kappa shape index (κ3) is 3.59. The summed E-state index contributed by atoms with van der Waals surface area (Å²) in [6.07, 6.45) is 0.972. The van der Waals surface area contributed by atoms with Gasteiger partial charge in [0.25, 0.3) is 0 Å². The summed E-state index contributed by atoms with van der Waals surface area (Å²) in [6, 6.07) is 19.0. The second kappa shape index (κ2) is 6.74. The van der Waals surface area contributed by atoms with E-state index in [1.54, 1.807) is 0 Å². The van der Waals surface area contributed by atoms with Gasteiger partial charge in [-0.1, -0.05) is 67.1 Å². The Hall–Kier alpha value is -1.31. The van der Waals surface area contributed by atoms with E-state index in [9.17, 15) is 0 Å². The van der Waals surface area contributed by atoms with Crippen molar-refractivity contribution < 1.29 is 0 Å². The third-order valence-electron chi connectivity index (χ3n) is 3.54. The van der Waals surface area contributed by atoms with Crippen molar-refractivity contribution in [1.82, 2.24) is 5.32 Å². The van der Waals surface area contributed by atoms with Crippen molar-refractivity contribution in [2.75, 3.05) is 7.05 Å². The molecule has 0 fully saturated rings. The minimum absolute atomic E-state index is 0.345. The molecule has 0 radical (unpaired) electrons. The maximum absolute atomic E-state index is 6.24. The van der Waals surface area contributed by atoms with E-state index < -0.39 is 0 Å². The normalized spacial score (nSPS) is 14.1. The molecule has 0 bridgehead atoms. The summed E-state index contributed by atoms with van der Waals surface area (Å²) in [5.41, 5.74) is 2.54. The van der Waals surface area contributed by atoms with Crippen molar-refractivity contribution in [2.45, 2.75) is 19.4 Å². The zero-order chi connectivity index (χ0) is 13.7. The highest BCUT2D eigenvalue weighted by molar-refractivity contribution is 6.31. The van der Waals surface area contributed by atoms with Gasteiger partial charge in [-0.3, -0.25) is 0 Å². The van der Waals surface area contributed by atoms with Crippen molar-refractivity contribution >= 4 is 11.6 Å². The van der Waals surface area contributed by atoms with Crippen LogP contribution in [0.4, 0.5) is 0 Å². The fourth-order valence-corrected chi connectivity index (χ4v) is 2.78. The van der Waals surface area contributed by atoms with Crippen LogP contribution < -0.4 is 5.32 Å². The predicted octanol–water partition coefficient (Wildman–Crippen LogP) is 4.48. The first-order valence-corrected chi connectivity index (χ1v) is 7.05. The van der Waals surface area contributed by atoms with Crippen molar-refractivity contribution in [1.29, 1.82) is 0 Å². The summed E-state index contributed by atoms with van der Waals surface area (Å²) < 4.78 is 0. The molecule has 2 heteroatoms. The van der Waals surface area contributed by atoms with Crippen LogP contribution in [0.25, 0.3) is 0 Å². The molecule has 0 saturated heterocycles. The van der Waals surface area contributed by atoms with Gasteiger partial charge >= 0.3 is 0 Å². The first kappa shape index (κ1) is 14.1. The lowest BCUT2D eigenvalue weighted by Gasteiger charge is -2.24. The van der Waals surface area contributed by atoms with Crippen LogP contribution in [0, 0.1) is 5.92 Å². The molecular formula is C17H20ClN. The predicted molar refractivity (Wildman–Crippen MR) is 82.6 cm³/mol. The molecule has 2 rings (SSSR count). The van der Waals surface area contributed by atoms with Gasteiger partial charge in [0.2, 0.25) is 0 Å². The summed E-state index contributed by atoms with van der Waals surface area (Å²) in [5.74, 6) is 0.479. The highest BCUT2D eigenvalue weighted by Crippen LogP contribution is 2.27. The number of hydrogen-bond donors (Lipinski definition) is 1. The molecule has 0 heterocycles. The number of hydrogen-bond acceptors (Lipinski definition) is 1. The lowest BCUT2D eigenvalue weighted by atomic mass is 9.89. The van der Waals surface area contributed by atoms with Gasteiger partial charge in [0.05, 0.1) is 0 Å². The molecule has 2 aromatic carbocycles.